The first-order valence-corrected chi connectivity index (χ1v) is 5.14. The molecule has 1 rings (SSSR count). The molecular formula is C7H10B3F13KO-3. The van der Waals surface area contributed by atoms with Gasteiger partial charge >= 0.3 is 73.1 Å². The predicted octanol–water partition coefficient (Wildman–Crippen LogP) is 5.10. The summed E-state index contributed by atoms with van der Waals surface area (Å²) < 4.78 is 122. The molecule has 18 heteroatoms. The van der Waals surface area contributed by atoms with Crippen LogP contribution in [0, 0.1) is 0 Å². The molecule has 148 valence electrons. The molecule has 0 aliphatic carbocycles. The van der Waals surface area contributed by atoms with Gasteiger partial charge in [0, 0.05) is 0 Å². The van der Waals surface area contributed by atoms with Gasteiger partial charge in [0.15, 0.2) is 0 Å². The van der Waals surface area contributed by atoms with E-state index in [1.165, 1.54) is 0 Å². The van der Waals surface area contributed by atoms with E-state index in [-0.39, 0.29) is 56.1 Å². The third-order valence-electron chi connectivity index (χ3n) is 0.979. The maximum absolute atomic E-state index is 9.75. The van der Waals surface area contributed by atoms with E-state index in [0.29, 0.717) is 0 Å². The van der Waals surface area contributed by atoms with Crippen molar-refractivity contribution in [3.8, 4) is 5.75 Å². The van der Waals surface area contributed by atoms with Crippen LogP contribution in [0.5, 0.6) is 5.75 Å². The molecule has 0 fully saturated rings. The molecule has 0 heterocycles. The van der Waals surface area contributed by atoms with Gasteiger partial charge in [-0.25, -0.2) is 0 Å². The fraction of sp³-hybridized carbons (Fsp3) is 0.143. The molecule has 1 aromatic carbocycles. The summed E-state index contributed by atoms with van der Waals surface area (Å²) in [5.74, 6) is 0.910. The molecule has 1 nitrogen and oxygen atoms in total. The molecule has 0 aromatic heterocycles. The van der Waals surface area contributed by atoms with E-state index in [2.05, 4.69) is 0 Å². The Hall–Kier alpha value is -0.0588. The van der Waals surface area contributed by atoms with Gasteiger partial charge in [-0.05, 0) is 12.1 Å². The average Bonchev–Trinajstić information content (AvgIpc) is 2.23. The van der Waals surface area contributed by atoms with Gasteiger partial charge in [0.2, 0.25) is 0 Å². The first-order chi connectivity index (χ1) is 9.93. The summed E-state index contributed by atoms with van der Waals surface area (Å²) in [7, 11) is -16.3. The van der Waals surface area contributed by atoms with E-state index < -0.39 is 21.8 Å². The second-order valence-electron chi connectivity index (χ2n) is 3.00. The molecule has 0 N–H and O–H groups in total. The fourth-order valence-electron chi connectivity index (χ4n) is 0.557. The van der Waals surface area contributed by atoms with Crippen LogP contribution in [-0.4, -0.2) is 80.3 Å². The number of ether oxygens (including phenoxy) is 1. The van der Waals surface area contributed by atoms with Crippen LogP contribution >= 0.6 is 0 Å². The van der Waals surface area contributed by atoms with Crippen LogP contribution in [0.3, 0.4) is 0 Å². The summed E-state index contributed by atoms with van der Waals surface area (Å²) in [6.07, 6.45) is 0. The number of hydrogen-bond acceptors (Lipinski definition) is 1. The predicted molar refractivity (Wildman–Crippen MR) is 73.2 cm³/mol. The van der Waals surface area contributed by atoms with Gasteiger partial charge in [-0.1, -0.05) is 18.2 Å². The van der Waals surface area contributed by atoms with Crippen LogP contribution in [0.4, 0.5) is 56.5 Å². The average molecular weight is 429 g/mol. The van der Waals surface area contributed by atoms with Gasteiger partial charge in [0.1, 0.15) is 5.75 Å². The molecule has 0 aliphatic heterocycles. The molecule has 0 saturated carbocycles. The van der Waals surface area contributed by atoms with E-state index in [1.807, 2.05) is 30.3 Å². The summed E-state index contributed by atoms with van der Waals surface area (Å²) in [5.41, 5.74) is 0. The van der Waals surface area contributed by atoms with E-state index in [9.17, 15) is 51.8 Å². The number of halogens is 13. The van der Waals surface area contributed by atoms with Gasteiger partial charge in [-0.15, -0.1) is 0 Å². The van der Waals surface area contributed by atoms with Gasteiger partial charge in [0.05, 0.1) is 7.11 Å². The van der Waals surface area contributed by atoms with Crippen LogP contribution in [0.15, 0.2) is 30.3 Å². The maximum atomic E-state index is 9.75. The normalized spacial score (nSPS) is 9.96. The third-order valence-corrected chi connectivity index (χ3v) is 0.979. The minimum atomic E-state index is -6.00. The Labute approximate surface area is 176 Å². The van der Waals surface area contributed by atoms with Crippen molar-refractivity contribution in [3.63, 3.8) is 0 Å². The molecule has 0 spiro atoms. The number of para-hydroxylation sites is 1. The standard InChI is InChI=1S/C7H8O.3BF4.FH.K.H/c1-8-7-5-3-2-4-6-7;3*2-1(3,4)5;;;/h2-6H,1H3;;;;1H;;/q;3*-1;;;. The van der Waals surface area contributed by atoms with Crippen molar-refractivity contribution in [1.29, 1.82) is 0 Å². The molecule has 0 atom stereocenters. The number of hydrogen-bond donors (Lipinski definition) is 0. The molecule has 0 radical (unpaired) electrons. The van der Waals surface area contributed by atoms with Gasteiger partial charge in [0.25, 0.3) is 0 Å². The molecule has 0 bridgehead atoms. The van der Waals surface area contributed by atoms with E-state index in [1.54, 1.807) is 7.11 Å². The molecule has 0 amide bonds. The Morgan fingerprint density at radius 1 is 0.600 bits per heavy atom. The summed E-state index contributed by atoms with van der Waals surface area (Å²) >= 11 is 0. The molecule has 0 unspecified atom stereocenters. The van der Waals surface area contributed by atoms with E-state index >= 15 is 0 Å². The number of rotatable bonds is 1. The Balaban J connectivity index is -0.0000000714. The quantitative estimate of drug-likeness (QED) is 0.447. The topological polar surface area (TPSA) is 9.23 Å². The van der Waals surface area contributed by atoms with E-state index in [0.717, 1.165) is 5.75 Å². The number of benzene rings is 1. The first-order valence-electron chi connectivity index (χ1n) is 5.14. The van der Waals surface area contributed by atoms with Crippen molar-refractivity contribution >= 4 is 73.1 Å². The van der Waals surface area contributed by atoms with Gasteiger partial charge in [-0.2, -0.15) is 0 Å². The van der Waals surface area contributed by atoms with Crippen molar-refractivity contribution in [2.24, 2.45) is 0 Å². The van der Waals surface area contributed by atoms with E-state index in [4.69, 9.17) is 4.74 Å². The Bertz CT molecular complexity index is 335. The molecule has 1 aromatic rings. The SMILES string of the molecule is COc1ccccc1.F.F[B-](F)(F)F.F[B-](F)(F)F.F[B-](F)(F)F.[KH]. The minimum absolute atomic E-state index is 0. The van der Waals surface area contributed by atoms with Crippen molar-refractivity contribution < 1.29 is 61.2 Å². The van der Waals surface area contributed by atoms with Crippen LogP contribution in [0.25, 0.3) is 0 Å². The molecule has 0 saturated heterocycles. The van der Waals surface area contributed by atoms with Crippen molar-refractivity contribution in [3.05, 3.63) is 30.3 Å². The van der Waals surface area contributed by atoms with Crippen LogP contribution < -0.4 is 4.74 Å². The van der Waals surface area contributed by atoms with Crippen LogP contribution in [-0.2, 0) is 0 Å². The summed E-state index contributed by atoms with van der Waals surface area (Å²) in [6.45, 7) is 0. The molecule has 25 heavy (non-hydrogen) atoms. The Morgan fingerprint density at radius 3 is 0.920 bits per heavy atom. The second-order valence-corrected chi connectivity index (χ2v) is 3.00. The second kappa shape index (κ2) is 17.4. The van der Waals surface area contributed by atoms with Crippen LogP contribution in [0.2, 0.25) is 0 Å². The van der Waals surface area contributed by atoms with Crippen molar-refractivity contribution in [2.75, 3.05) is 7.11 Å². The Kier molecular flexibility index (Phi) is 25.0. The zero-order chi connectivity index (χ0) is 19.3. The van der Waals surface area contributed by atoms with Crippen molar-refractivity contribution in [1.82, 2.24) is 0 Å². The molecule has 0 aliphatic rings. The monoisotopic (exact) mass is 429 g/mol. The zero-order valence-corrected chi connectivity index (χ0v) is 11.5. The van der Waals surface area contributed by atoms with Crippen LogP contribution in [0.1, 0.15) is 0 Å². The molecular weight excluding hydrogens is 419 g/mol. The third kappa shape index (κ3) is 117. The first kappa shape index (κ1) is 36.0. The number of methoxy groups -OCH3 is 1. The summed E-state index contributed by atoms with van der Waals surface area (Å²) in [6, 6.07) is 9.68. The van der Waals surface area contributed by atoms with Gasteiger partial charge < -0.3 is 56.5 Å². The Morgan fingerprint density at radius 2 is 0.800 bits per heavy atom. The summed E-state index contributed by atoms with van der Waals surface area (Å²) in [5, 5.41) is 0. The van der Waals surface area contributed by atoms with Crippen molar-refractivity contribution in [2.45, 2.75) is 0 Å². The zero-order valence-electron chi connectivity index (χ0n) is 11.5. The fourth-order valence-corrected chi connectivity index (χ4v) is 0.557. The summed E-state index contributed by atoms with van der Waals surface area (Å²) in [4.78, 5) is 0. The van der Waals surface area contributed by atoms with Gasteiger partial charge in [-0.3, -0.25) is 4.70 Å².